The molecule has 0 nitrogen and oxygen atoms in total. The third-order valence-electron chi connectivity index (χ3n) is 7.85. The minimum Gasteiger partial charge on any atom is -0.0654 e. The second-order valence-corrected chi connectivity index (χ2v) is 10.3. The molecule has 0 N–H and O–H groups in total. The van der Waals surface area contributed by atoms with Crippen LogP contribution in [0.15, 0.2) is 0 Å². The highest BCUT2D eigenvalue weighted by molar-refractivity contribution is 4.81. The monoisotopic (exact) mass is 392 g/mol. The largest absolute Gasteiger partial charge is 0.0654 e. The van der Waals surface area contributed by atoms with Crippen molar-refractivity contribution in [3.63, 3.8) is 0 Å². The van der Waals surface area contributed by atoms with Gasteiger partial charge in [-0.25, -0.2) is 0 Å². The van der Waals surface area contributed by atoms with Crippen LogP contribution in [0.1, 0.15) is 156 Å². The number of hydrogen-bond acceptors (Lipinski definition) is 0. The highest BCUT2D eigenvalue weighted by Gasteiger charge is 2.30. The minimum atomic E-state index is 0.966. The van der Waals surface area contributed by atoms with E-state index in [4.69, 9.17) is 0 Å². The fraction of sp³-hybridized carbons (Fsp3) is 1.00. The molecule has 0 saturated heterocycles. The zero-order chi connectivity index (χ0) is 20.5. The van der Waals surface area contributed by atoms with Crippen LogP contribution < -0.4 is 0 Å². The number of hydrogen-bond donors (Lipinski definition) is 0. The van der Waals surface area contributed by atoms with Gasteiger partial charge in [0.15, 0.2) is 0 Å². The Labute approximate surface area is 180 Å². The molecule has 1 saturated carbocycles. The van der Waals surface area contributed by atoms with Gasteiger partial charge < -0.3 is 0 Å². The highest BCUT2D eigenvalue weighted by atomic mass is 14.4. The average molecular weight is 393 g/mol. The molecule has 1 rings (SSSR count). The van der Waals surface area contributed by atoms with Gasteiger partial charge in [-0.3, -0.25) is 0 Å². The van der Waals surface area contributed by atoms with Crippen molar-refractivity contribution < 1.29 is 0 Å². The van der Waals surface area contributed by atoms with Crippen molar-refractivity contribution in [2.24, 2.45) is 23.7 Å². The maximum absolute atomic E-state index is 2.60. The van der Waals surface area contributed by atoms with Crippen molar-refractivity contribution in [2.45, 2.75) is 156 Å². The topological polar surface area (TPSA) is 0 Å². The molecule has 1 fully saturated rings. The zero-order valence-corrected chi connectivity index (χ0v) is 20.5. The van der Waals surface area contributed by atoms with Gasteiger partial charge in [0, 0.05) is 0 Å². The van der Waals surface area contributed by atoms with Crippen LogP contribution in [0.4, 0.5) is 0 Å². The fourth-order valence-electron chi connectivity index (χ4n) is 5.84. The maximum atomic E-state index is 2.60. The van der Waals surface area contributed by atoms with Gasteiger partial charge in [0.25, 0.3) is 0 Å². The van der Waals surface area contributed by atoms with Crippen LogP contribution in [0.3, 0.4) is 0 Å². The van der Waals surface area contributed by atoms with Gasteiger partial charge in [-0.05, 0) is 42.9 Å². The molecule has 0 radical (unpaired) electrons. The summed E-state index contributed by atoms with van der Waals surface area (Å²) in [5.74, 6) is 4.12. The van der Waals surface area contributed by atoms with Crippen LogP contribution in [-0.2, 0) is 0 Å². The second kappa shape index (κ2) is 17.8. The summed E-state index contributed by atoms with van der Waals surface area (Å²) >= 11 is 0. The Morgan fingerprint density at radius 2 is 1.07 bits per heavy atom. The number of rotatable bonds is 18. The molecule has 0 spiro atoms. The van der Waals surface area contributed by atoms with E-state index < -0.39 is 0 Å². The van der Waals surface area contributed by atoms with Gasteiger partial charge in [0.1, 0.15) is 0 Å². The summed E-state index contributed by atoms with van der Waals surface area (Å²) in [6, 6.07) is 0. The Morgan fingerprint density at radius 1 is 0.571 bits per heavy atom. The molecule has 2 unspecified atom stereocenters. The van der Waals surface area contributed by atoms with E-state index in [1.807, 2.05) is 0 Å². The van der Waals surface area contributed by atoms with E-state index >= 15 is 0 Å². The van der Waals surface area contributed by atoms with E-state index in [0.717, 1.165) is 23.7 Å². The lowest BCUT2D eigenvalue weighted by atomic mass is 9.68. The van der Waals surface area contributed by atoms with Crippen LogP contribution in [0.25, 0.3) is 0 Å². The average Bonchev–Trinajstić information content (AvgIpc) is 2.71. The Kier molecular flexibility index (Phi) is 16.6. The molecule has 168 valence electrons. The van der Waals surface area contributed by atoms with Gasteiger partial charge in [0.05, 0.1) is 0 Å². The van der Waals surface area contributed by atoms with E-state index in [-0.39, 0.29) is 0 Å². The van der Waals surface area contributed by atoms with E-state index in [9.17, 15) is 0 Å². The summed E-state index contributed by atoms with van der Waals surface area (Å²) in [5.41, 5.74) is 0. The molecule has 0 heterocycles. The van der Waals surface area contributed by atoms with Gasteiger partial charge in [-0.1, -0.05) is 137 Å². The predicted octanol–water partition coefficient (Wildman–Crippen LogP) is 10.3. The molecule has 0 bridgehead atoms. The van der Waals surface area contributed by atoms with Crippen molar-refractivity contribution in [2.75, 3.05) is 0 Å². The van der Waals surface area contributed by atoms with Gasteiger partial charge >= 0.3 is 0 Å². The molecule has 0 aromatic heterocycles. The summed E-state index contributed by atoms with van der Waals surface area (Å²) in [6.07, 6.45) is 29.6. The molecule has 28 heavy (non-hydrogen) atoms. The maximum Gasteiger partial charge on any atom is -0.0360 e. The third-order valence-corrected chi connectivity index (χ3v) is 7.85. The molecule has 2 atom stereocenters. The van der Waals surface area contributed by atoms with E-state index in [0.29, 0.717) is 0 Å². The summed E-state index contributed by atoms with van der Waals surface area (Å²) in [5, 5.41) is 0. The SMILES string of the molecule is CCCCCCCCC1CCC(C(CCCCCC)C(C)CCCCC)CC1. The van der Waals surface area contributed by atoms with Crippen molar-refractivity contribution in [1.29, 1.82) is 0 Å². The van der Waals surface area contributed by atoms with E-state index in [1.165, 1.54) is 103 Å². The van der Waals surface area contributed by atoms with E-state index in [2.05, 4.69) is 27.7 Å². The Balaban J connectivity index is 2.33. The van der Waals surface area contributed by atoms with Gasteiger partial charge in [-0.2, -0.15) is 0 Å². The van der Waals surface area contributed by atoms with Crippen LogP contribution in [0.2, 0.25) is 0 Å². The van der Waals surface area contributed by atoms with Crippen molar-refractivity contribution in [3.8, 4) is 0 Å². The van der Waals surface area contributed by atoms with Crippen molar-refractivity contribution >= 4 is 0 Å². The van der Waals surface area contributed by atoms with Crippen LogP contribution >= 0.6 is 0 Å². The molecule has 0 heteroatoms. The zero-order valence-electron chi connectivity index (χ0n) is 20.5. The Bertz CT molecular complexity index is 312. The van der Waals surface area contributed by atoms with Crippen molar-refractivity contribution in [3.05, 3.63) is 0 Å². The van der Waals surface area contributed by atoms with Crippen molar-refractivity contribution in [1.82, 2.24) is 0 Å². The molecule has 0 aliphatic heterocycles. The van der Waals surface area contributed by atoms with Gasteiger partial charge in [0.2, 0.25) is 0 Å². The normalized spacial score (nSPS) is 22.3. The Morgan fingerprint density at radius 3 is 1.71 bits per heavy atom. The molecular weight excluding hydrogens is 336 g/mol. The smallest absolute Gasteiger partial charge is 0.0360 e. The molecule has 0 aromatic carbocycles. The number of unbranched alkanes of at least 4 members (excludes halogenated alkanes) is 10. The molecule has 0 amide bonds. The molecule has 0 aromatic rings. The third kappa shape index (κ3) is 11.9. The van der Waals surface area contributed by atoms with Crippen LogP contribution in [-0.4, -0.2) is 0 Å². The lowest BCUT2D eigenvalue weighted by Crippen LogP contribution is -2.26. The quantitative estimate of drug-likeness (QED) is 0.203. The predicted molar refractivity (Wildman–Crippen MR) is 129 cm³/mol. The molecule has 1 aliphatic rings. The molecular formula is C28H56. The fourth-order valence-corrected chi connectivity index (χ4v) is 5.84. The van der Waals surface area contributed by atoms with E-state index in [1.54, 1.807) is 25.7 Å². The summed E-state index contributed by atoms with van der Waals surface area (Å²) in [6.45, 7) is 9.61. The lowest BCUT2D eigenvalue weighted by molar-refractivity contribution is 0.137. The summed E-state index contributed by atoms with van der Waals surface area (Å²) < 4.78 is 0. The molecule has 1 aliphatic carbocycles. The highest BCUT2D eigenvalue weighted by Crippen LogP contribution is 2.41. The summed E-state index contributed by atoms with van der Waals surface area (Å²) in [4.78, 5) is 0. The lowest BCUT2D eigenvalue weighted by Gasteiger charge is -2.37. The minimum absolute atomic E-state index is 0.966. The standard InChI is InChI=1S/C28H56/c1-5-8-11-13-14-16-19-26-21-23-27(24-22-26)28(20-17-12-9-6-2)25(4)18-15-10-7-3/h25-28H,5-24H2,1-4H3. The first-order valence-electron chi connectivity index (χ1n) is 13.7. The first kappa shape index (κ1) is 26.0. The van der Waals surface area contributed by atoms with Crippen LogP contribution in [0, 0.1) is 23.7 Å². The van der Waals surface area contributed by atoms with Crippen LogP contribution in [0.5, 0.6) is 0 Å². The van der Waals surface area contributed by atoms with Gasteiger partial charge in [-0.15, -0.1) is 0 Å². The summed E-state index contributed by atoms with van der Waals surface area (Å²) in [7, 11) is 0. The first-order chi connectivity index (χ1) is 13.7. The Hall–Kier alpha value is 0. The second-order valence-electron chi connectivity index (χ2n) is 10.3. The first-order valence-corrected chi connectivity index (χ1v) is 13.7.